The molecule has 0 unspecified atom stereocenters. The Hall–Kier alpha value is -1.32. The van der Waals surface area contributed by atoms with Gasteiger partial charge in [0.05, 0.1) is 12.1 Å². The van der Waals surface area contributed by atoms with Gasteiger partial charge in [0.1, 0.15) is 0 Å². The van der Waals surface area contributed by atoms with Crippen molar-refractivity contribution < 1.29 is 9.90 Å². The molecular formula is C9H14N2O2. The Labute approximate surface area is 77.2 Å². The highest BCUT2D eigenvalue weighted by Crippen LogP contribution is 2.06. The van der Waals surface area contributed by atoms with Crippen LogP contribution in [0.2, 0.25) is 0 Å². The fourth-order valence-electron chi connectivity index (χ4n) is 1.26. The van der Waals surface area contributed by atoms with Gasteiger partial charge < -0.3 is 5.11 Å². The van der Waals surface area contributed by atoms with Gasteiger partial charge in [0, 0.05) is 12.2 Å². The van der Waals surface area contributed by atoms with Crippen molar-refractivity contribution >= 4 is 5.97 Å². The van der Waals surface area contributed by atoms with Crippen molar-refractivity contribution in [1.29, 1.82) is 0 Å². The Morgan fingerprint density at radius 3 is 2.77 bits per heavy atom. The van der Waals surface area contributed by atoms with Crippen LogP contribution in [-0.2, 0) is 24.2 Å². The zero-order chi connectivity index (χ0) is 9.84. The van der Waals surface area contributed by atoms with Crippen molar-refractivity contribution in [2.45, 2.75) is 33.2 Å². The predicted molar refractivity (Wildman–Crippen MR) is 48.6 cm³/mol. The van der Waals surface area contributed by atoms with E-state index in [9.17, 15) is 4.79 Å². The molecule has 0 amide bonds. The van der Waals surface area contributed by atoms with Gasteiger partial charge in [-0.15, -0.1) is 0 Å². The second-order valence-electron chi connectivity index (χ2n) is 2.87. The molecule has 0 aliphatic heterocycles. The molecule has 13 heavy (non-hydrogen) atoms. The zero-order valence-electron chi connectivity index (χ0n) is 7.95. The first-order chi connectivity index (χ1) is 6.17. The number of aryl methyl sites for hydroxylation is 2. The maximum absolute atomic E-state index is 10.5. The van der Waals surface area contributed by atoms with Gasteiger partial charge in [0.25, 0.3) is 0 Å². The highest BCUT2D eigenvalue weighted by Gasteiger charge is 2.08. The van der Waals surface area contributed by atoms with Crippen LogP contribution in [0, 0.1) is 0 Å². The number of hydrogen-bond donors (Lipinski definition) is 1. The molecule has 1 aromatic heterocycles. The van der Waals surface area contributed by atoms with E-state index in [2.05, 4.69) is 5.10 Å². The maximum Gasteiger partial charge on any atom is 0.309 e. The minimum Gasteiger partial charge on any atom is -0.481 e. The smallest absolute Gasteiger partial charge is 0.309 e. The third-order valence-corrected chi connectivity index (χ3v) is 1.91. The van der Waals surface area contributed by atoms with Crippen LogP contribution in [-0.4, -0.2) is 20.9 Å². The minimum absolute atomic E-state index is 0.0564. The van der Waals surface area contributed by atoms with Crippen molar-refractivity contribution in [3.8, 4) is 0 Å². The van der Waals surface area contributed by atoms with Crippen molar-refractivity contribution in [1.82, 2.24) is 9.78 Å². The van der Waals surface area contributed by atoms with Crippen LogP contribution >= 0.6 is 0 Å². The average molecular weight is 182 g/mol. The lowest BCUT2D eigenvalue weighted by Crippen LogP contribution is -2.08. The van der Waals surface area contributed by atoms with E-state index in [4.69, 9.17) is 5.11 Å². The Morgan fingerprint density at radius 1 is 1.62 bits per heavy atom. The van der Waals surface area contributed by atoms with Crippen molar-refractivity contribution in [2.75, 3.05) is 0 Å². The fraction of sp³-hybridized carbons (Fsp3) is 0.556. The van der Waals surface area contributed by atoms with E-state index in [1.54, 1.807) is 4.68 Å². The molecule has 1 N–H and O–H groups in total. The van der Waals surface area contributed by atoms with Crippen LogP contribution in [0.25, 0.3) is 0 Å². The molecule has 0 atom stereocenters. The number of carboxylic acid groups (broad SMARTS) is 1. The normalized spacial score (nSPS) is 10.3. The predicted octanol–water partition coefficient (Wildman–Crippen LogP) is 1.09. The summed E-state index contributed by atoms with van der Waals surface area (Å²) in [6, 6.07) is 1.86. The molecule has 1 aromatic rings. The third-order valence-electron chi connectivity index (χ3n) is 1.91. The standard InChI is InChI=1S/C9H14N2O2/c1-3-7-5-8(6-9(12)13)11(4-2)10-7/h5H,3-4,6H2,1-2H3,(H,12,13). The molecule has 0 aliphatic carbocycles. The summed E-state index contributed by atoms with van der Waals surface area (Å²) in [6.45, 7) is 4.69. The maximum atomic E-state index is 10.5. The van der Waals surface area contributed by atoms with Gasteiger partial charge in [-0.25, -0.2) is 0 Å². The van der Waals surface area contributed by atoms with Gasteiger partial charge in [-0.3, -0.25) is 9.48 Å². The Morgan fingerprint density at radius 2 is 2.31 bits per heavy atom. The van der Waals surface area contributed by atoms with Gasteiger partial charge in [0.15, 0.2) is 0 Å². The number of rotatable bonds is 4. The molecule has 0 aromatic carbocycles. The first-order valence-electron chi connectivity index (χ1n) is 4.44. The molecule has 0 bridgehead atoms. The lowest BCUT2D eigenvalue weighted by atomic mass is 10.2. The zero-order valence-corrected chi connectivity index (χ0v) is 7.95. The molecule has 0 saturated carbocycles. The summed E-state index contributed by atoms with van der Waals surface area (Å²) in [5.41, 5.74) is 1.74. The molecule has 72 valence electrons. The first-order valence-corrected chi connectivity index (χ1v) is 4.44. The number of carboxylic acids is 1. The molecule has 4 nitrogen and oxygen atoms in total. The Balaban J connectivity index is 2.90. The van der Waals surface area contributed by atoms with Crippen LogP contribution in [0.4, 0.5) is 0 Å². The summed E-state index contributed by atoms with van der Waals surface area (Å²) < 4.78 is 1.74. The first kappa shape index (κ1) is 9.77. The third kappa shape index (κ3) is 2.31. The van der Waals surface area contributed by atoms with E-state index in [1.807, 2.05) is 19.9 Å². The van der Waals surface area contributed by atoms with Crippen molar-refractivity contribution in [3.05, 3.63) is 17.5 Å². The largest absolute Gasteiger partial charge is 0.481 e. The van der Waals surface area contributed by atoms with Crippen molar-refractivity contribution in [3.63, 3.8) is 0 Å². The number of nitrogens with zero attached hydrogens (tertiary/aromatic N) is 2. The molecule has 0 fully saturated rings. The van der Waals surface area contributed by atoms with E-state index >= 15 is 0 Å². The molecule has 1 heterocycles. The number of aliphatic carboxylic acids is 1. The summed E-state index contributed by atoms with van der Waals surface area (Å²) in [5, 5.41) is 12.9. The summed E-state index contributed by atoms with van der Waals surface area (Å²) in [7, 11) is 0. The van der Waals surface area contributed by atoms with Gasteiger partial charge in [-0.05, 0) is 19.4 Å². The number of carbonyl (C=O) groups is 1. The highest BCUT2D eigenvalue weighted by atomic mass is 16.4. The fourth-order valence-corrected chi connectivity index (χ4v) is 1.26. The van der Waals surface area contributed by atoms with E-state index in [0.717, 1.165) is 24.4 Å². The lowest BCUT2D eigenvalue weighted by Gasteiger charge is -1.99. The molecular weight excluding hydrogens is 168 g/mol. The topological polar surface area (TPSA) is 55.1 Å². The molecule has 0 radical (unpaired) electrons. The SMILES string of the molecule is CCc1cc(CC(=O)O)n(CC)n1. The Kier molecular flexibility index (Phi) is 3.06. The summed E-state index contributed by atoms with van der Waals surface area (Å²) >= 11 is 0. The Bertz CT molecular complexity index is 305. The quantitative estimate of drug-likeness (QED) is 0.758. The summed E-state index contributed by atoms with van der Waals surface area (Å²) in [4.78, 5) is 10.5. The van der Waals surface area contributed by atoms with Gasteiger partial charge in [-0.1, -0.05) is 6.92 Å². The molecule has 0 spiro atoms. The van der Waals surface area contributed by atoms with E-state index in [0.29, 0.717) is 0 Å². The van der Waals surface area contributed by atoms with Crippen LogP contribution in [0.1, 0.15) is 25.2 Å². The van der Waals surface area contributed by atoms with Gasteiger partial charge in [0.2, 0.25) is 0 Å². The lowest BCUT2D eigenvalue weighted by molar-refractivity contribution is -0.136. The summed E-state index contributed by atoms with van der Waals surface area (Å²) in [6.07, 6.45) is 0.903. The molecule has 0 aliphatic rings. The van der Waals surface area contributed by atoms with E-state index < -0.39 is 5.97 Å². The second kappa shape index (κ2) is 4.07. The average Bonchev–Trinajstić information content (AvgIpc) is 2.46. The minimum atomic E-state index is -0.808. The van der Waals surface area contributed by atoms with Gasteiger partial charge >= 0.3 is 5.97 Å². The van der Waals surface area contributed by atoms with E-state index in [-0.39, 0.29) is 6.42 Å². The number of hydrogen-bond acceptors (Lipinski definition) is 2. The van der Waals surface area contributed by atoms with Crippen LogP contribution < -0.4 is 0 Å². The van der Waals surface area contributed by atoms with E-state index in [1.165, 1.54) is 0 Å². The van der Waals surface area contributed by atoms with Crippen molar-refractivity contribution in [2.24, 2.45) is 0 Å². The van der Waals surface area contributed by atoms with Crippen LogP contribution in [0.15, 0.2) is 6.07 Å². The highest BCUT2D eigenvalue weighted by molar-refractivity contribution is 5.69. The summed E-state index contributed by atoms with van der Waals surface area (Å²) in [5.74, 6) is -0.808. The molecule has 4 heteroatoms. The molecule has 1 rings (SSSR count). The second-order valence-corrected chi connectivity index (χ2v) is 2.87. The van der Waals surface area contributed by atoms with Crippen LogP contribution in [0.3, 0.4) is 0 Å². The number of aromatic nitrogens is 2. The monoisotopic (exact) mass is 182 g/mol. The molecule has 0 saturated heterocycles. The van der Waals surface area contributed by atoms with Crippen LogP contribution in [0.5, 0.6) is 0 Å². The van der Waals surface area contributed by atoms with Gasteiger partial charge in [-0.2, -0.15) is 5.10 Å².